The van der Waals surface area contributed by atoms with Crippen LogP contribution < -0.4 is 0 Å². The highest BCUT2D eigenvalue weighted by molar-refractivity contribution is 6.28. The van der Waals surface area contributed by atoms with Gasteiger partial charge in [-0.3, -0.25) is 0 Å². The fourth-order valence-corrected chi connectivity index (χ4v) is 20.1. The molecule has 0 saturated heterocycles. The van der Waals surface area contributed by atoms with Crippen molar-refractivity contribution < 1.29 is 46.1 Å². The molecule has 0 bridgehead atoms. The van der Waals surface area contributed by atoms with Crippen LogP contribution in [0.4, 0.5) is 0 Å². The molecule has 3 heteroatoms. The van der Waals surface area contributed by atoms with Crippen molar-refractivity contribution in [2.24, 2.45) is 0 Å². The average Bonchev–Trinajstić information content (AvgIpc) is 1.29. The maximum Gasteiger partial charge on any atom is 0.135 e. The molecule has 0 aliphatic rings. The normalized spacial score (nSPS) is 14.2. The van der Waals surface area contributed by atoms with Crippen LogP contribution in [0.15, 0.2) is 510 Å². The van der Waals surface area contributed by atoms with E-state index in [2.05, 4.69) is 36.4 Å². The zero-order chi connectivity index (χ0) is 110. The number of fused-ring (bicyclic) bond motifs is 18. The average molecular weight is 1740 g/mol. The van der Waals surface area contributed by atoms with Crippen LogP contribution in [0.3, 0.4) is 0 Å². The molecule has 25 aromatic carbocycles. The molecule has 0 unspecified atom stereocenters. The molecule has 628 valence electrons. The highest BCUT2D eigenvalue weighted by atomic mass is 16.3. The number of para-hydroxylation sites is 3. The van der Waals surface area contributed by atoms with Gasteiger partial charge in [0.05, 0.1) is 32.9 Å². The van der Waals surface area contributed by atoms with Crippen molar-refractivity contribution in [3.8, 4) is 111 Å². The van der Waals surface area contributed by atoms with Gasteiger partial charge < -0.3 is 13.3 Å². The molecule has 0 aliphatic heterocycles. The van der Waals surface area contributed by atoms with Crippen molar-refractivity contribution in [1.82, 2.24) is 0 Å². The van der Waals surface area contributed by atoms with Crippen LogP contribution >= 0.6 is 0 Å². The minimum atomic E-state index is -0.436. The van der Waals surface area contributed by atoms with E-state index in [-0.39, 0.29) is 137 Å². The van der Waals surface area contributed by atoms with E-state index in [0.717, 1.165) is 109 Å². The molecule has 0 atom stereocenters. The summed E-state index contributed by atoms with van der Waals surface area (Å²) in [6.07, 6.45) is 0. The topological polar surface area (TPSA) is 39.4 Å². The molecule has 0 N–H and O–H groups in total. The number of hydrogen-bond acceptors (Lipinski definition) is 3. The Morgan fingerprint density at radius 2 is 0.400 bits per heavy atom. The highest BCUT2D eigenvalue weighted by Crippen LogP contribution is 2.53. The molecule has 3 aromatic heterocycles. The third-order valence-corrected chi connectivity index (χ3v) is 26.1. The summed E-state index contributed by atoms with van der Waals surface area (Å²) >= 11 is 0. The fraction of sp³-hybridized carbons (Fsp3) is 0. The predicted octanol–water partition coefficient (Wildman–Crippen LogP) is 37.8. The van der Waals surface area contributed by atoms with Gasteiger partial charge in [-0.25, -0.2) is 0 Å². The molecule has 135 heavy (non-hydrogen) atoms. The van der Waals surface area contributed by atoms with E-state index < -0.39 is 72.5 Å². The summed E-state index contributed by atoms with van der Waals surface area (Å²) < 4.78 is 237. The molecule has 3 nitrogen and oxygen atoms in total. The Kier molecular flexibility index (Phi) is 13.9. The SMILES string of the molecule is [2H]c1c([2H])c([2H])c2c(-c3cc(-c4ccccc4)cc4ccccc34)c3c([2H])c([2H])c([2H])c([2H])c3c(-c3ccc4oc5ccccc5c4c3)c2c1[2H].[2H]c1c([2H])c([2H])c2c(-c3ccc(-c4ccc5ccccc5c4)c4ccccc34)c3c([2H])c([2H])c([2H])c([2H])c3c(-c3ccc4oc5ccccc5c4c3)c2c1[2H].[2H]c1c([2H])c([2H])c2c(-c3ccc4oc5ccccc5c4c3)c3c([2H])c([2H])c([2H])c([2H])c3c(-c3ccc(-c4ccccc4)c(-c4ccccc4)c3)c2c1[2H]. The number of hydrogen-bond donors (Lipinski definition) is 0. The second kappa shape index (κ2) is 32.7. The van der Waals surface area contributed by atoms with Gasteiger partial charge in [0.25, 0.3) is 0 Å². The Balaban J connectivity index is 0.000000118. The van der Waals surface area contributed by atoms with E-state index in [1.165, 1.54) is 0 Å². The van der Waals surface area contributed by atoms with Gasteiger partial charge in [0.15, 0.2) is 0 Å². The summed E-state index contributed by atoms with van der Waals surface area (Å²) in [6, 6.07) is 104. The largest absolute Gasteiger partial charge is 0.456 e. The van der Waals surface area contributed by atoms with E-state index in [1.54, 1.807) is 36.4 Å². The summed E-state index contributed by atoms with van der Waals surface area (Å²) in [4.78, 5) is 0. The van der Waals surface area contributed by atoms with Gasteiger partial charge >= 0.3 is 0 Å². The van der Waals surface area contributed by atoms with Crippen LogP contribution in [-0.2, 0) is 0 Å². The Bertz CT molecular complexity index is 11000. The predicted molar refractivity (Wildman–Crippen MR) is 573 cm³/mol. The van der Waals surface area contributed by atoms with Crippen LogP contribution in [0.5, 0.6) is 0 Å². The molecule has 28 aromatic rings. The van der Waals surface area contributed by atoms with Gasteiger partial charge in [0.2, 0.25) is 0 Å². The van der Waals surface area contributed by atoms with Crippen molar-refractivity contribution >= 4 is 163 Å². The monoisotopic (exact) mass is 1740 g/mol. The number of rotatable bonds is 10. The van der Waals surface area contributed by atoms with Gasteiger partial charge in [0, 0.05) is 32.3 Å². The first-order valence-corrected chi connectivity index (χ1v) is 44.4. The Labute approximate surface area is 812 Å². The lowest BCUT2D eigenvalue weighted by molar-refractivity contribution is 0.668. The second-order valence-corrected chi connectivity index (χ2v) is 33.5. The van der Waals surface area contributed by atoms with Crippen molar-refractivity contribution in [3.05, 3.63) is 497 Å². The van der Waals surface area contributed by atoms with Crippen LogP contribution in [-0.4, -0.2) is 0 Å². The quantitative estimate of drug-likeness (QED) is 0.128. The zero-order valence-electron chi connectivity index (χ0n) is 95.7. The van der Waals surface area contributed by atoms with Crippen molar-refractivity contribution in [1.29, 1.82) is 0 Å². The van der Waals surface area contributed by atoms with Gasteiger partial charge in [-0.15, -0.1) is 0 Å². The summed E-state index contributed by atoms with van der Waals surface area (Å²) in [5.41, 5.74) is 16.6. The summed E-state index contributed by atoms with van der Waals surface area (Å²) in [5, 5.41) is 12.5. The molecule has 0 amide bonds. The minimum absolute atomic E-state index is 0.170. The third kappa shape index (κ3) is 13.4. The maximum atomic E-state index is 9.45. The second-order valence-electron chi connectivity index (χ2n) is 33.5. The van der Waals surface area contributed by atoms with E-state index in [4.69, 9.17) is 29.7 Å². The number of furan rings is 3. The molecule has 0 radical (unpaired) electrons. The van der Waals surface area contributed by atoms with Crippen LogP contribution in [0, 0.1) is 0 Å². The van der Waals surface area contributed by atoms with Crippen molar-refractivity contribution in [3.63, 3.8) is 0 Å². The number of benzene rings is 25. The van der Waals surface area contributed by atoms with Gasteiger partial charge in [0.1, 0.15) is 33.5 Å². The fourth-order valence-electron chi connectivity index (χ4n) is 20.1. The molecular formula is C132H82O3. The van der Waals surface area contributed by atoms with Gasteiger partial charge in [-0.05, 0) is 287 Å². The third-order valence-electron chi connectivity index (χ3n) is 26.1. The van der Waals surface area contributed by atoms with Gasteiger partial charge in [-0.1, -0.05) is 418 Å². The standard InChI is InChI=1S/C46H28O.C44H28O.C42H26O/c1-2-12-30-27-31(22-21-29(30)11-1)33-24-25-41(35-14-4-3-13-34(33)35)46-39-18-7-5-16-37(39)45(38-17-6-8-19-40(38)46)32-23-26-44-42(28-32)36-15-9-10-20-43(36)47-44;1-3-13-29(14-4-1)33-25-23-31(27-39(33)30-15-5-2-6-16-30)43-35-18-7-9-20-37(35)44(38-21-10-8-19-36(38)43)32-24-26-42-40(28-32)34-17-11-12-22-41(34)45-42;1-2-12-27(13-3-1)30-24-28-14-4-5-15-31(28)38(26-30)42-35-19-8-6-17-33(35)41(34-18-7-9-20-36(34)42)29-22-23-40-37(25-29)32-16-10-11-21-39(32)43-40/h1-28H;1-28H;1-26H/i5D,6D,7D,8D,16D,17D,18D,19D;7D,8D,9D,10D,18D,19D,20D,21D;6D,7D,8D,9D,17D,18D,19D,20D. The zero-order valence-corrected chi connectivity index (χ0v) is 71.7. The van der Waals surface area contributed by atoms with Crippen molar-refractivity contribution in [2.75, 3.05) is 0 Å². The first-order chi connectivity index (χ1) is 76.9. The van der Waals surface area contributed by atoms with E-state index in [0.29, 0.717) is 100 Å². The first kappa shape index (κ1) is 57.3. The Morgan fingerprint density at radius 3 is 0.822 bits per heavy atom. The van der Waals surface area contributed by atoms with Gasteiger partial charge in [-0.2, -0.15) is 0 Å². The van der Waals surface area contributed by atoms with E-state index in [9.17, 15) is 16.4 Å². The lowest BCUT2D eigenvalue weighted by atomic mass is 9.83. The summed E-state index contributed by atoms with van der Waals surface area (Å²) in [7, 11) is 0. The summed E-state index contributed by atoms with van der Waals surface area (Å²) in [5.74, 6) is 0. The van der Waals surface area contributed by atoms with Crippen LogP contribution in [0.1, 0.15) is 32.9 Å². The Hall–Kier alpha value is -17.8. The molecule has 28 rings (SSSR count). The smallest absolute Gasteiger partial charge is 0.135 e. The van der Waals surface area contributed by atoms with Crippen LogP contribution in [0.25, 0.3) is 274 Å². The minimum Gasteiger partial charge on any atom is -0.456 e. The molecule has 0 aliphatic carbocycles. The molecule has 0 fully saturated rings. The first-order valence-electron chi connectivity index (χ1n) is 56.4. The Morgan fingerprint density at radius 1 is 0.126 bits per heavy atom. The lowest BCUT2D eigenvalue weighted by Gasteiger charge is -2.20. The molecule has 0 saturated carbocycles. The maximum absolute atomic E-state index is 9.45. The molecule has 3 heterocycles. The molecular weight excluding hydrogens is 1630 g/mol. The van der Waals surface area contributed by atoms with Crippen LogP contribution in [0.2, 0.25) is 0 Å². The van der Waals surface area contributed by atoms with E-state index in [1.807, 2.05) is 279 Å². The molecule has 0 spiro atoms. The van der Waals surface area contributed by atoms with Crippen molar-refractivity contribution in [2.45, 2.75) is 0 Å². The summed E-state index contributed by atoms with van der Waals surface area (Å²) in [6.45, 7) is 0. The van der Waals surface area contributed by atoms with E-state index >= 15 is 0 Å². The highest BCUT2D eigenvalue weighted by Gasteiger charge is 2.26. The lowest BCUT2D eigenvalue weighted by Crippen LogP contribution is -1.92.